The minimum atomic E-state index is -4.16. The highest BCUT2D eigenvalue weighted by Crippen LogP contribution is 2.29. The number of amides is 2. The third kappa shape index (κ3) is 7.98. The average Bonchev–Trinajstić information content (AvgIpc) is 3.43. The van der Waals surface area contributed by atoms with Crippen molar-refractivity contribution in [3.05, 3.63) is 102 Å². The van der Waals surface area contributed by atoms with Crippen molar-refractivity contribution in [3.63, 3.8) is 0 Å². The fourth-order valence-electron chi connectivity index (χ4n) is 5.13. The van der Waals surface area contributed by atoms with Crippen LogP contribution in [0.3, 0.4) is 0 Å². The van der Waals surface area contributed by atoms with Crippen LogP contribution in [0.25, 0.3) is 10.9 Å². The number of primary sulfonamides is 1. The van der Waals surface area contributed by atoms with Crippen LogP contribution >= 0.6 is 0 Å². The molecule has 0 aliphatic rings. The standard InChI is InChI=1S/C32H38N4O5S/c1-21(2)19-29(36-31(37)25-12-16-27-24(20-25)17-18-34-27)32(38)35-28(15-9-22-7-5-4-6-8-22)30(42(33,39)40)23-10-13-26(41-3)14-11-23/h4-8,10-14,16-18,20-21,28-30,34H,9,15,19H2,1-3H3,(H,35,38)(H,36,37)(H2,33,39,40). The molecule has 0 bridgehead atoms. The summed E-state index contributed by atoms with van der Waals surface area (Å²) in [6, 6.07) is 21.6. The maximum absolute atomic E-state index is 13.8. The van der Waals surface area contributed by atoms with Crippen molar-refractivity contribution >= 4 is 32.7 Å². The summed E-state index contributed by atoms with van der Waals surface area (Å²) in [5, 5.41) is 11.3. The number of carbonyl (C=O) groups excluding carboxylic acids is 2. The van der Waals surface area contributed by atoms with Gasteiger partial charge in [-0.15, -0.1) is 0 Å². The summed E-state index contributed by atoms with van der Waals surface area (Å²) in [5.41, 5.74) is 2.74. The van der Waals surface area contributed by atoms with Gasteiger partial charge in [-0.2, -0.15) is 0 Å². The molecular formula is C32H38N4O5S. The SMILES string of the molecule is COc1ccc(C(C(CCc2ccccc2)NC(=O)C(CC(C)C)NC(=O)c2ccc3[nH]ccc3c2)S(N)(=O)=O)cc1. The summed E-state index contributed by atoms with van der Waals surface area (Å²) in [4.78, 5) is 30.2. The zero-order valence-corrected chi connectivity index (χ0v) is 24.9. The van der Waals surface area contributed by atoms with E-state index in [1.807, 2.05) is 56.3 Å². The third-order valence-electron chi connectivity index (χ3n) is 7.22. The van der Waals surface area contributed by atoms with E-state index in [2.05, 4.69) is 15.6 Å². The van der Waals surface area contributed by atoms with Gasteiger partial charge in [0.1, 0.15) is 17.0 Å². The van der Waals surface area contributed by atoms with Crippen LogP contribution in [-0.4, -0.2) is 44.4 Å². The number of nitrogens with one attached hydrogen (secondary N) is 3. The molecule has 42 heavy (non-hydrogen) atoms. The Kier molecular flexibility index (Phi) is 10.0. The van der Waals surface area contributed by atoms with Crippen molar-refractivity contribution in [2.24, 2.45) is 11.1 Å². The summed E-state index contributed by atoms with van der Waals surface area (Å²) in [5.74, 6) is -0.223. The van der Waals surface area contributed by atoms with Crippen molar-refractivity contribution in [3.8, 4) is 5.75 Å². The fraction of sp³-hybridized carbons (Fsp3) is 0.312. The predicted molar refractivity (Wildman–Crippen MR) is 165 cm³/mol. The zero-order valence-electron chi connectivity index (χ0n) is 24.0. The van der Waals surface area contributed by atoms with Gasteiger partial charge in [-0.05, 0) is 72.7 Å². The Morgan fingerprint density at radius 2 is 1.67 bits per heavy atom. The number of rotatable bonds is 13. The minimum Gasteiger partial charge on any atom is -0.497 e. The summed E-state index contributed by atoms with van der Waals surface area (Å²) < 4.78 is 31.3. The number of hydrogen-bond acceptors (Lipinski definition) is 5. The molecule has 1 aromatic heterocycles. The Morgan fingerprint density at radius 1 is 0.952 bits per heavy atom. The Balaban J connectivity index is 1.62. The van der Waals surface area contributed by atoms with E-state index >= 15 is 0 Å². The summed E-state index contributed by atoms with van der Waals surface area (Å²) in [7, 11) is -2.64. The molecule has 3 unspecified atom stereocenters. The van der Waals surface area contributed by atoms with Gasteiger partial charge in [0.15, 0.2) is 0 Å². The first-order valence-electron chi connectivity index (χ1n) is 13.9. The van der Waals surface area contributed by atoms with Crippen LogP contribution in [0.2, 0.25) is 0 Å². The number of fused-ring (bicyclic) bond motifs is 1. The minimum absolute atomic E-state index is 0.0756. The van der Waals surface area contributed by atoms with E-state index in [1.54, 1.807) is 42.6 Å². The number of carbonyl (C=O) groups is 2. The maximum atomic E-state index is 13.8. The quantitative estimate of drug-likeness (QED) is 0.182. The first-order chi connectivity index (χ1) is 20.0. The molecule has 9 nitrogen and oxygen atoms in total. The Labute approximate surface area is 246 Å². The number of methoxy groups -OCH3 is 1. The Bertz CT molecular complexity index is 1600. The second-order valence-electron chi connectivity index (χ2n) is 10.9. The van der Waals surface area contributed by atoms with Gasteiger partial charge in [0.25, 0.3) is 5.91 Å². The van der Waals surface area contributed by atoms with E-state index in [-0.39, 0.29) is 5.92 Å². The molecule has 0 saturated heterocycles. The largest absolute Gasteiger partial charge is 0.497 e. The lowest BCUT2D eigenvalue weighted by Crippen LogP contribution is -2.52. The normalized spacial score (nSPS) is 13.8. The van der Waals surface area contributed by atoms with Crippen LogP contribution in [-0.2, 0) is 21.2 Å². The lowest BCUT2D eigenvalue weighted by molar-refractivity contribution is -0.124. The van der Waals surface area contributed by atoms with E-state index < -0.39 is 39.2 Å². The molecule has 0 fully saturated rings. The summed E-state index contributed by atoms with van der Waals surface area (Å²) in [6.45, 7) is 3.91. The van der Waals surface area contributed by atoms with Crippen molar-refractivity contribution in [2.45, 2.75) is 50.4 Å². The molecule has 4 aromatic rings. The number of nitrogens with two attached hydrogens (primary N) is 1. The number of sulfonamides is 1. The highest BCUT2D eigenvalue weighted by Gasteiger charge is 2.35. The van der Waals surface area contributed by atoms with Crippen LogP contribution in [0.1, 0.15) is 53.4 Å². The van der Waals surface area contributed by atoms with Gasteiger partial charge in [-0.3, -0.25) is 9.59 Å². The van der Waals surface area contributed by atoms with E-state index in [1.165, 1.54) is 7.11 Å². The number of hydrogen-bond donors (Lipinski definition) is 4. The lowest BCUT2D eigenvalue weighted by atomic mass is 9.96. The van der Waals surface area contributed by atoms with Gasteiger partial charge in [0, 0.05) is 22.7 Å². The molecule has 10 heteroatoms. The highest BCUT2D eigenvalue weighted by atomic mass is 32.2. The molecule has 5 N–H and O–H groups in total. The number of aryl methyl sites for hydroxylation is 1. The van der Waals surface area contributed by atoms with Crippen molar-refractivity contribution < 1.29 is 22.7 Å². The van der Waals surface area contributed by atoms with Gasteiger partial charge in [-0.25, -0.2) is 13.6 Å². The van der Waals surface area contributed by atoms with E-state index in [9.17, 15) is 18.0 Å². The molecule has 0 saturated carbocycles. The zero-order chi connectivity index (χ0) is 30.3. The lowest BCUT2D eigenvalue weighted by Gasteiger charge is -2.29. The van der Waals surface area contributed by atoms with Gasteiger partial charge >= 0.3 is 0 Å². The molecule has 0 aliphatic heterocycles. The van der Waals surface area contributed by atoms with Crippen LogP contribution < -0.4 is 20.5 Å². The fourth-order valence-corrected chi connectivity index (χ4v) is 6.33. The first kappa shape index (κ1) is 30.8. The second kappa shape index (κ2) is 13.7. The molecule has 0 spiro atoms. The number of benzene rings is 3. The molecule has 4 rings (SSSR count). The topological polar surface area (TPSA) is 143 Å². The second-order valence-corrected chi connectivity index (χ2v) is 12.5. The molecule has 0 aliphatic carbocycles. The number of H-pyrrole nitrogens is 1. The Morgan fingerprint density at radius 3 is 2.31 bits per heavy atom. The summed E-state index contributed by atoms with van der Waals surface area (Å²) >= 11 is 0. The average molecular weight is 591 g/mol. The van der Waals surface area contributed by atoms with Crippen LogP contribution in [0, 0.1) is 5.92 Å². The van der Waals surface area contributed by atoms with E-state index in [4.69, 9.17) is 9.88 Å². The van der Waals surface area contributed by atoms with Gasteiger partial charge in [0.2, 0.25) is 15.9 Å². The Hall–Kier alpha value is -4.15. The maximum Gasteiger partial charge on any atom is 0.251 e. The molecular weight excluding hydrogens is 552 g/mol. The van der Waals surface area contributed by atoms with Gasteiger partial charge < -0.3 is 20.4 Å². The van der Waals surface area contributed by atoms with Crippen LogP contribution in [0.4, 0.5) is 0 Å². The molecule has 1 heterocycles. The van der Waals surface area contributed by atoms with Crippen molar-refractivity contribution in [2.75, 3.05) is 7.11 Å². The molecule has 0 radical (unpaired) electrons. The predicted octanol–water partition coefficient (Wildman–Crippen LogP) is 4.47. The molecule has 2 amide bonds. The summed E-state index contributed by atoms with van der Waals surface area (Å²) in [6.07, 6.45) is 2.96. The highest BCUT2D eigenvalue weighted by molar-refractivity contribution is 7.89. The molecule has 3 atom stereocenters. The third-order valence-corrected chi connectivity index (χ3v) is 8.53. The van der Waals surface area contributed by atoms with Crippen molar-refractivity contribution in [1.29, 1.82) is 0 Å². The number of aromatic amines is 1. The van der Waals surface area contributed by atoms with Crippen LogP contribution in [0.15, 0.2) is 85.1 Å². The van der Waals surface area contributed by atoms with Gasteiger partial charge in [-0.1, -0.05) is 56.3 Å². The van der Waals surface area contributed by atoms with Crippen LogP contribution in [0.5, 0.6) is 5.75 Å². The van der Waals surface area contributed by atoms with Gasteiger partial charge in [0.05, 0.1) is 13.2 Å². The first-order valence-corrected chi connectivity index (χ1v) is 15.5. The number of ether oxygens (including phenoxy) is 1. The smallest absolute Gasteiger partial charge is 0.251 e. The molecule has 3 aromatic carbocycles. The monoisotopic (exact) mass is 590 g/mol. The number of aromatic nitrogens is 1. The van der Waals surface area contributed by atoms with E-state index in [0.29, 0.717) is 36.1 Å². The van der Waals surface area contributed by atoms with E-state index in [0.717, 1.165) is 16.5 Å². The van der Waals surface area contributed by atoms with Crippen molar-refractivity contribution in [1.82, 2.24) is 15.6 Å². The molecule has 222 valence electrons.